The second kappa shape index (κ2) is 10.1. The number of hydrogen-bond acceptors (Lipinski definition) is 6. The van der Waals surface area contributed by atoms with E-state index in [-0.39, 0.29) is 24.9 Å². The van der Waals surface area contributed by atoms with E-state index in [1.807, 2.05) is 30.3 Å². The molecule has 0 fully saturated rings. The quantitative estimate of drug-likeness (QED) is 0.288. The van der Waals surface area contributed by atoms with Gasteiger partial charge in [0, 0.05) is 17.8 Å². The monoisotopic (exact) mass is 424 g/mol. The minimum absolute atomic E-state index is 0.0523. The lowest BCUT2D eigenvalue weighted by atomic mass is 10.2. The first kappa shape index (κ1) is 20.2. The number of halogens is 1. The molecule has 0 N–H and O–H groups in total. The van der Waals surface area contributed by atoms with Crippen LogP contribution in [0.1, 0.15) is 25.8 Å². The minimum atomic E-state index is -0.677. The van der Waals surface area contributed by atoms with Crippen LogP contribution < -0.4 is 0 Å². The minimum Gasteiger partial charge on any atom is -0.463 e. The molecule has 0 saturated carbocycles. The van der Waals surface area contributed by atoms with Gasteiger partial charge < -0.3 is 18.9 Å². The fraction of sp³-hybridized carbons (Fsp3) is 0.368. The van der Waals surface area contributed by atoms with Crippen molar-refractivity contribution in [2.45, 2.75) is 32.7 Å². The molecule has 0 amide bonds. The Hall–Kier alpha value is -2.12. The maximum Gasteiger partial charge on any atom is 0.373 e. The number of esters is 2. The van der Waals surface area contributed by atoms with Crippen LogP contribution in [0.25, 0.3) is 6.08 Å². The summed E-state index contributed by atoms with van der Waals surface area (Å²) in [5, 5.41) is 0. The Kier molecular flexibility index (Phi) is 7.87. The van der Waals surface area contributed by atoms with Crippen molar-refractivity contribution in [3.63, 3.8) is 0 Å². The molecular weight excluding hydrogens is 404 g/mol. The van der Waals surface area contributed by atoms with Crippen LogP contribution in [0, 0.1) is 0 Å². The van der Waals surface area contributed by atoms with Gasteiger partial charge in [0.1, 0.15) is 12.7 Å². The molecule has 1 aromatic rings. The van der Waals surface area contributed by atoms with Crippen LogP contribution in [-0.4, -0.2) is 37.5 Å². The van der Waals surface area contributed by atoms with Gasteiger partial charge in [-0.15, -0.1) is 0 Å². The lowest BCUT2D eigenvalue weighted by Crippen LogP contribution is -2.31. The molecule has 1 aliphatic rings. The van der Waals surface area contributed by atoms with Crippen LogP contribution >= 0.6 is 15.9 Å². The molecule has 6 nitrogen and oxygen atoms in total. The molecule has 0 aromatic heterocycles. The molecule has 2 rings (SSSR count). The number of hydrogen-bond donors (Lipinski definition) is 0. The van der Waals surface area contributed by atoms with E-state index in [1.54, 1.807) is 19.1 Å². The zero-order valence-electron chi connectivity index (χ0n) is 14.6. The zero-order chi connectivity index (χ0) is 18.9. The van der Waals surface area contributed by atoms with E-state index in [9.17, 15) is 9.59 Å². The normalized spacial score (nSPS) is 19.7. The van der Waals surface area contributed by atoms with Crippen LogP contribution in [0.15, 0.2) is 46.6 Å². The van der Waals surface area contributed by atoms with E-state index >= 15 is 0 Å². The SMILES string of the molecule is CCOC(=O)C(=Cc1cccc(Br)c1)O[C@@H]1CC=C[C@@H](COC(C)=O)O1. The third-order valence-electron chi connectivity index (χ3n) is 3.34. The van der Waals surface area contributed by atoms with Crippen molar-refractivity contribution in [1.29, 1.82) is 0 Å². The molecular formula is C19H21BrO6. The van der Waals surface area contributed by atoms with Crippen LogP contribution in [0.2, 0.25) is 0 Å². The first-order valence-electron chi connectivity index (χ1n) is 8.24. The Bertz CT molecular complexity index is 697. The molecule has 2 atom stereocenters. The molecule has 0 aliphatic carbocycles. The summed E-state index contributed by atoms with van der Waals surface area (Å²) >= 11 is 3.39. The van der Waals surface area contributed by atoms with E-state index in [1.165, 1.54) is 6.92 Å². The van der Waals surface area contributed by atoms with Crippen molar-refractivity contribution in [2.75, 3.05) is 13.2 Å². The lowest BCUT2D eigenvalue weighted by Gasteiger charge is -2.26. The fourth-order valence-corrected chi connectivity index (χ4v) is 2.66. The van der Waals surface area contributed by atoms with E-state index in [0.29, 0.717) is 6.42 Å². The Labute approximate surface area is 160 Å². The largest absolute Gasteiger partial charge is 0.463 e. The number of ether oxygens (including phenoxy) is 4. The van der Waals surface area contributed by atoms with Crippen LogP contribution in [-0.2, 0) is 28.5 Å². The second-order valence-corrected chi connectivity index (χ2v) is 6.39. The van der Waals surface area contributed by atoms with Gasteiger partial charge in [-0.1, -0.05) is 40.2 Å². The van der Waals surface area contributed by atoms with Gasteiger partial charge in [0.15, 0.2) is 0 Å². The fourth-order valence-electron chi connectivity index (χ4n) is 2.24. The molecule has 26 heavy (non-hydrogen) atoms. The van der Waals surface area contributed by atoms with Crippen molar-refractivity contribution < 1.29 is 28.5 Å². The highest BCUT2D eigenvalue weighted by Crippen LogP contribution is 2.21. The highest BCUT2D eigenvalue weighted by atomic mass is 79.9. The third kappa shape index (κ3) is 6.65. The van der Waals surface area contributed by atoms with Crippen LogP contribution in [0.5, 0.6) is 0 Å². The van der Waals surface area contributed by atoms with Crippen molar-refractivity contribution in [3.8, 4) is 0 Å². The molecule has 0 unspecified atom stereocenters. The summed E-state index contributed by atoms with van der Waals surface area (Å²) < 4.78 is 22.4. The first-order valence-corrected chi connectivity index (χ1v) is 9.03. The topological polar surface area (TPSA) is 71.1 Å². The molecule has 0 spiro atoms. The summed E-state index contributed by atoms with van der Waals surface area (Å²) in [6.45, 7) is 3.39. The summed E-state index contributed by atoms with van der Waals surface area (Å²) in [4.78, 5) is 23.2. The summed E-state index contributed by atoms with van der Waals surface area (Å²) in [6.07, 6.45) is 4.63. The van der Waals surface area contributed by atoms with Gasteiger partial charge in [-0.05, 0) is 30.7 Å². The molecule has 1 aromatic carbocycles. The van der Waals surface area contributed by atoms with Gasteiger partial charge in [0.05, 0.1) is 6.61 Å². The number of carbonyl (C=O) groups is 2. The molecule has 1 aliphatic heterocycles. The predicted octanol–water partition coefficient (Wildman–Crippen LogP) is 3.60. The van der Waals surface area contributed by atoms with E-state index < -0.39 is 18.4 Å². The van der Waals surface area contributed by atoms with Gasteiger partial charge in [0.2, 0.25) is 12.0 Å². The third-order valence-corrected chi connectivity index (χ3v) is 3.83. The summed E-state index contributed by atoms with van der Waals surface area (Å²) in [6, 6.07) is 7.44. The van der Waals surface area contributed by atoms with Crippen LogP contribution in [0.4, 0.5) is 0 Å². The van der Waals surface area contributed by atoms with Crippen molar-refractivity contribution >= 4 is 33.9 Å². The van der Waals surface area contributed by atoms with Crippen molar-refractivity contribution in [3.05, 3.63) is 52.2 Å². The Balaban J connectivity index is 2.10. The van der Waals surface area contributed by atoms with Crippen molar-refractivity contribution in [2.24, 2.45) is 0 Å². The maximum atomic E-state index is 12.2. The van der Waals surface area contributed by atoms with E-state index in [2.05, 4.69) is 15.9 Å². The molecule has 0 radical (unpaired) electrons. The Morgan fingerprint density at radius 1 is 1.35 bits per heavy atom. The smallest absolute Gasteiger partial charge is 0.373 e. The number of rotatable bonds is 7. The molecule has 140 valence electrons. The number of benzene rings is 1. The predicted molar refractivity (Wildman–Crippen MR) is 98.9 cm³/mol. The van der Waals surface area contributed by atoms with Gasteiger partial charge in [-0.25, -0.2) is 4.79 Å². The van der Waals surface area contributed by atoms with Gasteiger partial charge >= 0.3 is 11.9 Å². The average molecular weight is 425 g/mol. The highest BCUT2D eigenvalue weighted by Gasteiger charge is 2.24. The van der Waals surface area contributed by atoms with E-state index in [0.717, 1.165) is 10.0 Å². The van der Waals surface area contributed by atoms with Crippen molar-refractivity contribution in [1.82, 2.24) is 0 Å². The molecule has 0 bridgehead atoms. The van der Waals surface area contributed by atoms with Gasteiger partial charge in [0.25, 0.3) is 0 Å². The summed E-state index contributed by atoms with van der Waals surface area (Å²) in [5.74, 6) is -0.898. The molecule has 0 saturated heterocycles. The van der Waals surface area contributed by atoms with Gasteiger partial charge in [-0.2, -0.15) is 0 Å². The van der Waals surface area contributed by atoms with Gasteiger partial charge in [-0.3, -0.25) is 4.79 Å². The molecule has 1 heterocycles. The summed E-state index contributed by atoms with van der Waals surface area (Å²) in [7, 11) is 0. The average Bonchev–Trinajstić information content (AvgIpc) is 2.60. The van der Waals surface area contributed by atoms with Crippen LogP contribution in [0.3, 0.4) is 0 Å². The lowest BCUT2D eigenvalue weighted by molar-refractivity contribution is -0.172. The Morgan fingerprint density at radius 3 is 2.85 bits per heavy atom. The van der Waals surface area contributed by atoms with E-state index in [4.69, 9.17) is 18.9 Å². The maximum absolute atomic E-state index is 12.2. The second-order valence-electron chi connectivity index (χ2n) is 5.47. The molecule has 7 heteroatoms. The first-order chi connectivity index (χ1) is 12.5. The summed E-state index contributed by atoms with van der Waals surface area (Å²) in [5.41, 5.74) is 0.783. The standard InChI is InChI=1S/C19H21BrO6/c1-3-23-19(22)17(11-14-6-4-7-15(20)10-14)26-18-9-5-8-16(25-18)12-24-13(2)21/h4-8,10-11,16,18H,3,9,12H2,1-2H3/t16-,18+/m0/s1. The highest BCUT2D eigenvalue weighted by molar-refractivity contribution is 9.10. The number of carbonyl (C=O) groups excluding carboxylic acids is 2. The zero-order valence-corrected chi connectivity index (χ0v) is 16.2. The Morgan fingerprint density at radius 2 is 2.15 bits per heavy atom.